The van der Waals surface area contributed by atoms with Gasteiger partial charge in [-0.2, -0.15) is 0 Å². The van der Waals surface area contributed by atoms with Crippen LogP contribution in [0.4, 0.5) is 0 Å². The number of aliphatic hydroxyl groups is 6. The van der Waals surface area contributed by atoms with Crippen LogP contribution in [0.3, 0.4) is 0 Å². The first-order chi connectivity index (χ1) is 34.6. The maximum atomic E-state index is 13.5. The third kappa shape index (κ3) is 11.2. The fourth-order valence-electron chi connectivity index (χ4n) is 15.4. The van der Waals surface area contributed by atoms with Crippen molar-refractivity contribution in [3.8, 4) is 0 Å². The lowest BCUT2D eigenvalue weighted by Gasteiger charge is -2.71. The van der Waals surface area contributed by atoms with Crippen LogP contribution in [0.15, 0.2) is 95.2 Å². The number of aliphatic hydroxyl groups excluding tert-OH is 5. The van der Waals surface area contributed by atoms with E-state index in [4.69, 9.17) is 9.47 Å². The van der Waals surface area contributed by atoms with Gasteiger partial charge < -0.3 is 56.1 Å². The van der Waals surface area contributed by atoms with Crippen molar-refractivity contribution in [1.82, 2.24) is 16.0 Å². The molecule has 0 radical (unpaired) electrons. The Morgan fingerprint density at radius 2 is 1.88 bits per heavy atom. The van der Waals surface area contributed by atoms with Crippen LogP contribution in [0.1, 0.15) is 115 Å². The standard InChI is InChI=1S/C60H91N3O9/c1-41-16-17-47(31-45-11-8-12-46(30-45)33-57(63-35-41,26-29-71-6)50-13-9-15-52(32-50)62-36-44(4)67)42(2)10-7-14-51(39-72-40-53(68)38-66)56-21-23-59-49(20-28-64)19-18-48(54(59)43(3)37-65)34-58(70,25-27-61-5)60(59,24-22-56)55(56)69/h7-8,10-12,14,16,18-19,30,37,44,47-50,52-53,55,61-64,66-70H,2,9,13,15,17,20-29,31-36,38-40H2,1,3-6H3. The highest BCUT2D eigenvalue weighted by Crippen LogP contribution is 2.80. The second-order valence-electron chi connectivity index (χ2n) is 23.1. The van der Waals surface area contributed by atoms with E-state index in [1.165, 1.54) is 16.7 Å². The quantitative estimate of drug-likeness (QED) is 0.0270. The largest absolute Gasteiger partial charge is 0.396 e. The minimum atomic E-state index is -1.29. The van der Waals surface area contributed by atoms with E-state index >= 15 is 0 Å². The highest BCUT2D eigenvalue weighted by Gasteiger charge is 2.79. The molecule has 1 aromatic carbocycles. The molecule has 13 atom stereocenters. The number of allylic oxidation sites excluding steroid dienone is 9. The summed E-state index contributed by atoms with van der Waals surface area (Å²) in [7, 11) is 3.67. The van der Waals surface area contributed by atoms with E-state index in [1.54, 1.807) is 7.11 Å². The molecule has 5 aliphatic carbocycles. The lowest BCUT2D eigenvalue weighted by molar-refractivity contribution is -0.256. The van der Waals surface area contributed by atoms with Gasteiger partial charge in [0.2, 0.25) is 0 Å². The summed E-state index contributed by atoms with van der Waals surface area (Å²) in [4.78, 5) is 12.8. The molecule has 400 valence electrons. The molecule has 7 rings (SSSR count). The molecule has 1 aromatic rings. The minimum Gasteiger partial charge on any atom is -0.396 e. The van der Waals surface area contributed by atoms with Crippen molar-refractivity contribution in [2.24, 2.45) is 39.9 Å². The van der Waals surface area contributed by atoms with Crippen LogP contribution in [0.25, 0.3) is 0 Å². The maximum Gasteiger partial charge on any atom is 0.145 e. The minimum absolute atomic E-state index is 0.0537. The van der Waals surface area contributed by atoms with E-state index in [1.807, 2.05) is 27.0 Å². The topological polar surface area (TPSA) is 193 Å². The molecule has 0 amide bonds. The van der Waals surface area contributed by atoms with Gasteiger partial charge in [0.25, 0.3) is 0 Å². The number of methoxy groups -OCH3 is 1. The summed E-state index contributed by atoms with van der Waals surface area (Å²) >= 11 is 0. The number of aldehydes is 1. The van der Waals surface area contributed by atoms with Crippen LogP contribution in [-0.4, -0.2) is 139 Å². The van der Waals surface area contributed by atoms with E-state index in [0.717, 1.165) is 80.9 Å². The van der Waals surface area contributed by atoms with Crippen LogP contribution in [0.5, 0.6) is 0 Å². The second-order valence-corrected chi connectivity index (χ2v) is 23.1. The van der Waals surface area contributed by atoms with Gasteiger partial charge in [0.05, 0.1) is 37.6 Å². The zero-order chi connectivity index (χ0) is 51.7. The highest BCUT2D eigenvalue weighted by atomic mass is 16.5. The molecule has 1 heterocycles. The molecule has 13 unspecified atom stereocenters. The summed E-state index contributed by atoms with van der Waals surface area (Å²) in [5, 5.41) is 78.6. The molecule has 0 aromatic heterocycles. The van der Waals surface area contributed by atoms with Crippen LogP contribution in [0.2, 0.25) is 0 Å². The van der Waals surface area contributed by atoms with E-state index in [0.29, 0.717) is 82.2 Å². The van der Waals surface area contributed by atoms with Gasteiger partial charge in [-0.25, -0.2) is 0 Å². The summed E-state index contributed by atoms with van der Waals surface area (Å²) in [5.74, 6) is 0.198. The van der Waals surface area contributed by atoms with Gasteiger partial charge in [-0.05, 0) is 170 Å². The second kappa shape index (κ2) is 24.7. The Hall–Kier alpha value is -3.11. The molecular formula is C60H91N3O9. The lowest BCUT2D eigenvalue weighted by Crippen LogP contribution is -2.73. The molecule has 6 bridgehead atoms. The van der Waals surface area contributed by atoms with Crippen LogP contribution in [0, 0.1) is 39.9 Å². The number of rotatable bonds is 22. The zero-order valence-electron chi connectivity index (χ0n) is 44.3. The fourth-order valence-corrected chi connectivity index (χ4v) is 15.4. The Bertz CT molecular complexity index is 2170. The third-order valence-corrected chi connectivity index (χ3v) is 18.9. The summed E-state index contributed by atoms with van der Waals surface area (Å²) in [6.45, 7) is 12.8. The Labute approximate surface area is 431 Å². The lowest BCUT2D eigenvalue weighted by atomic mass is 9.34. The molecule has 1 aliphatic heterocycles. The van der Waals surface area contributed by atoms with Crippen LogP contribution >= 0.6 is 0 Å². The molecule has 9 N–H and O–H groups in total. The normalized spacial score (nSPS) is 36.5. The SMILES string of the molecule is C=C(C=CC=C(COCC(O)CO)C12CCC34C(=C(C)C=O)C(C=CC3CCO)CC(O)(CCNC)C4(CC1)C2O)C1CC=C(C)CNC(CCOC)(C2CCCC(NCC(C)O)C2)Cc2cccc(c2)C1. The van der Waals surface area contributed by atoms with E-state index < -0.39 is 40.7 Å². The van der Waals surface area contributed by atoms with Crippen molar-refractivity contribution in [3.05, 3.63) is 106 Å². The van der Waals surface area contributed by atoms with Crippen molar-refractivity contribution < 1.29 is 44.9 Å². The molecule has 12 nitrogen and oxygen atoms in total. The first-order valence-corrected chi connectivity index (χ1v) is 27.4. The van der Waals surface area contributed by atoms with Gasteiger partial charge in [-0.1, -0.05) is 84.9 Å². The Kier molecular flexibility index (Phi) is 19.4. The predicted molar refractivity (Wildman–Crippen MR) is 285 cm³/mol. The number of ether oxygens (including phenoxy) is 2. The Balaban J connectivity index is 1.21. The molecule has 6 aliphatic rings. The molecule has 4 saturated carbocycles. The van der Waals surface area contributed by atoms with Crippen LogP contribution < -0.4 is 16.0 Å². The van der Waals surface area contributed by atoms with Gasteiger partial charge >= 0.3 is 0 Å². The summed E-state index contributed by atoms with van der Waals surface area (Å²) in [6, 6.07) is 9.45. The molecule has 4 fully saturated rings. The molecule has 2 spiro atoms. The number of carbonyl (C=O) groups excluding carboxylic acids is 1. The molecule has 12 heteroatoms. The fraction of sp³-hybridized carbons (Fsp3) is 0.683. The number of nitrogens with one attached hydrogen (secondary N) is 3. The number of carbonyl (C=O) groups is 1. The van der Waals surface area contributed by atoms with Gasteiger partial charge in [0.15, 0.2) is 0 Å². The first kappa shape index (κ1) is 56.6. The van der Waals surface area contributed by atoms with Gasteiger partial charge in [-0.15, -0.1) is 0 Å². The van der Waals surface area contributed by atoms with Gasteiger partial charge in [0, 0.05) is 67.2 Å². The molecule has 72 heavy (non-hydrogen) atoms. The monoisotopic (exact) mass is 998 g/mol. The number of hydrogen-bond donors (Lipinski definition) is 9. The van der Waals surface area contributed by atoms with E-state index in [2.05, 4.69) is 84.1 Å². The van der Waals surface area contributed by atoms with Gasteiger partial charge in [0.1, 0.15) is 12.4 Å². The summed E-state index contributed by atoms with van der Waals surface area (Å²) in [5.41, 5.74) is 3.33. The van der Waals surface area contributed by atoms with Crippen molar-refractivity contribution in [2.45, 2.75) is 153 Å². The summed E-state index contributed by atoms with van der Waals surface area (Å²) in [6.07, 6.45) is 22.8. The van der Waals surface area contributed by atoms with E-state index in [-0.39, 0.29) is 49.2 Å². The first-order valence-electron chi connectivity index (χ1n) is 27.4. The van der Waals surface area contributed by atoms with E-state index in [9.17, 15) is 35.4 Å². The number of benzene rings is 1. The predicted octanol–water partition coefficient (Wildman–Crippen LogP) is 6.39. The maximum absolute atomic E-state index is 13.5. The van der Waals surface area contributed by atoms with Crippen LogP contribution in [-0.2, 0) is 27.1 Å². The Morgan fingerprint density at radius 3 is 2.61 bits per heavy atom. The average molecular weight is 998 g/mol. The molecular weight excluding hydrogens is 907 g/mol. The highest BCUT2D eigenvalue weighted by molar-refractivity contribution is 5.75. The zero-order valence-corrected chi connectivity index (χ0v) is 44.3. The third-order valence-electron chi connectivity index (χ3n) is 18.9. The number of hydrogen-bond acceptors (Lipinski definition) is 12. The summed E-state index contributed by atoms with van der Waals surface area (Å²) < 4.78 is 12.0. The van der Waals surface area contributed by atoms with Crippen molar-refractivity contribution in [1.29, 1.82) is 0 Å². The Morgan fingerprint density at radius 1 is 1.08 bits per heavy atom. The van der Waals surface area contributed by atoms with Crippen molar-refractivity contribution in [2.75, 3.05) is 66.8 Å². The average Bonchev–Trinajstić information content (AvgIpc) is 3.58. The molecule has 0 saturated heterocycles. The number of fused-ring (bicyclic) bond motifs is 4. The van der Waals surface area contributed by atoms with Gasteiger partial charge in [-0.3, -0.25) is 4.79 Å². The van der Waals surface area contributed by atoms with Crippen molar-refractivity contribution >= 4 is 6.29 Å². The van der Waals surface area contributed by atoms with Crippen molar-refractivity contribution in [3.63, 3.8) is 0 Å². The smallest absolute Gasteiger partial charge is 0.145 e.